The molecule has 21 heavy (non-hydrogen) atoms. The highest BCUT2D eigenvalue weighted by atomic mass is 32.2. The van der Waals surface area contributed by atoms with E-state index in [0.29, 0.717) is 24.6 Å². The van der Waals surface area contributed by atoms with Gasteiger partial charge in [0.1, 0.15) is 12.4 Å². The van der Waals surface area contributed by atoms with E-state index in [2.05, 4.69) is 0 Å². The smallest absolute Gasteiger partial charge is 0.217 e. The second kappa shape index (κ2) is 8.21. The van der Waals surface area contributed by atoms with E-state index in [-0.39, 0.29) is 18.4 Å². The zero-order valence-corrected chi connectivity index (χ0v) is 13.6. The number of para-hydroxylation sites is 2. The van der Waals surface area contributed by atoms with E-state index in [1.54, 1.807) is 31.4 Å². The van der Waals surface area contributed by atoms with Crippen LogP contribution in [-0.4, -0.2) is 51.4 Å². The fourth-order valence-corrected chi connectivity index (χ4v) is 3.41. The molecule has 120 valence electrons. The molecule has 2 N–H and O–H groups in total. The maximum absolute atomic E-state index is 12.3. The van der Waals surface area contributed by atoms with Crippen LogP contribution in [0.3, 0.4) is 0 Å². The molecule has 7 heteroatoms. The predicted molar refractivity (Wildman–Crippen MR) is 83.9 cm³/mol. The Balaban J connectivity index is 2.60. The minimum atomic E-state index is -3.39. The van der Waals surface area contributed by atoms with E-state index >= 15 is 0 Å². The third kappa shape index (κ3) is 5.53. The number of rotatable bonds is 9. The highest BCUT2D eigenvalue weighted by molar-refractivity contribution is 7.89. The summed E-state index contributed by atoms with van der Waals surface area (Å²) < 4.78 is 36.4. The molecule has 0 fully saturated rings. The summed E-state index contributed by atoms with van der Waals surface area (Å²) in [5, 5.41) is 0. The monoisotopic (exact) mass is 316 g/mol. The average molecular weight is 316 g/mol. The number of sulfonamides is 1. The molecule has 6 nitrogen and oxygen atoms in total. The number of nitrogens with zero attached hydrogens (tertiary/aromatic N) is 1. The van der Waals surface area contributed by atoms with Gasteiger partial charge in [0, 0.05) is 19.7 Å². The summed E-state index contributed by atoms with van der Waals surface area (Å²) in [5.74, 6) is 0.407. The Morgan fingerprint density at radius 1 is 1.24 bits per heavy atom. The normalized spacial score (nSPS) is 12.0. The lowest BCUT2D eigenvalue weighted by Crippen LogP contribution is -2.41. The highest BCUT2D eigenvalue weighted by Gasteiger charge is 2.24. The van der Waals surface area contributed by atoms with Crippen molar-refractivity contribution in [1.29, 1.82) is 0 Å². The van der Waals surface area contributed by atoms with Gasteiger partial charge in [0.15, 0.2) is 0 Å². The number of anilines is 1. The van der Waals surface area contributed by atoms with E-state index < -0.39 is 10.0 Å². The van der Waals surface area contributed by atoms with Crippen molar-refractivity contribution in [2.45, 2.75) is 19.9 Å². The van der Waals surface area contributed by atoms with Crippen LogP contribution in [0.25, 0.3) is 0 Å². The van der Waals surface area contributed by atoms with Gasteiger partial charge < -0.3 is 15.2 Å². The van der Waals surface area contributed by atoms with Gasteiger partial charge in [0.2, 0.25) is 10.0 Å². The molecule has 0 bridgehead atoms. The van der Waals surface area contributed by atoms with Crippen molar-refractivity contribution in [3.63, 3.8) is 0 Å². The van der Waals surface area contributed by atoms with Gasteiger partial charge in [-0.2, -0.15) is 4.31 Å². The van der Waals surface area contributed by atoms with Crippen LogP contribution in [0.15, 0.2) is 24.3 Å². The minimum Gasteiger partial charge on any atom is -0.490 e. The number of methoxy groups -OCH3 is 1. The zero-order valence-electron chi connectivity index (χ0n) is 12.8. The molecule has 0 aliphatic carbocycles. The van der Waals surface area contributed by atoms with Crippen molar-refractivity contribution in [3.05, 3.63) is 24.3 Å². The molecule has 1 rings (SSSR count). The van der Waals surface area contributed by atoms with Gasteiger partial charge in [-0.15, -0.1) is 0 Å². The van der Waals surface area contributed by atoms with Crippen LogP contribution in [0.1, 0.15) is 13.8 Å². The molecule has 0 atom stereocenters. The molecule has 0 aromatic heterocycles. The molecular formula is C14H24N2O4S. The third-order valence-electron chi connectivity index (χ3n) is 2.97. The number of benzene rings is 1. The lowest BCUT2D eigenvalue weighted by atomic mass is 10.3. The molecule has 0 aliphatic rings. The van der Waals surface area contributed by atoms with Crippen molar-refractivity contribution in [2.24, 2.45) is 0 Å². The van der Waals surface area contributed by atoms with E-state index in [1.807, 2.05) is 13.8 Å². The van der Waals surface area contributed by atoms with Crippen LogP contribution < -0.4 is 10.5 Å². The third-order valence-corrected chi connectivity index (χ3v) is 4.97. The topological polar surface area (TPSA) is 81.9 Å². The van der Waals surface area contributed by atoms with Gasteiger partial charge in [-0.3, -0.25) is 0 Å². The summed E-state index contributed by atoms with van der Waals surface area (Å²) in [5.41, 5.74) is 6.24. The summed E-state index contributed by atoms with van der Waals surface area (Å²) in [6.45, 7) is 4.44. The molecule has 0 spiro atoms. The summed E-state index contributed by atoms with van der Waals surface area (Å²) in [6, 6.07) is 6.89. The lowest BCUT2D eigenvalue weighted by Gasteiger charge is -2.25. The molecule has 0 radical (unpaired) electrons. The zero-order chi connectivity index (χ0) is 15.9. The number of ether oxygens (including phenoxy) is 2. The quantitative estimate of drug-likeness (QED) is 0.695. The molecule has 0 amide bonds. The highest BCUT2D eigenvalue weighted by Crippen LogP contribution is 2.19. The summed E-state index contributed by atoms with van der Waals surface area (Å²) in [7, 11) is -1.84. The van der Waals surface area contributed by atoms with E-state index in [1.165, 1.54) is 4.31 Å². The van der Waals surface area contributed by atoms with Gasteiger partial charge >= 0.3 is 0 Å². The van der Waals surface area contributed by atoms with Crippen LogP contribution in [0, 0.1) is 0 Å². The molecule has 1 aromatic carbocycles. The van der Waals surface area contributed by atoms with E-state index in [4.69, 9.17) is 15.2 Å². The summed E-state index contributed by atoms with van der Waals surface area (Å²) >= 11 is 0. The fourth-order valence-electron chi connectivity index (χ4n) is 1.89. The summed E-state index contributed by atoms with van der Waals surface area (Å²) in [6.07, 6.45) is 0. The first-order valence-electron chi connectivity index (χ1n) is 6.84. The van der Waals surface area contributed by atoms with Crippen LogP contribution >= 0.6 is 0 Å². The van der Waals surface area contributed by atoms with Gasteiger partial charge in [-0.25, -0.2) is 8.42 Å². The lowest BCUT2D eigenvalue weighted by molar-refractivity contribution is 0.170. The Hall–Kier alpha value is -1.31. The molecule has 1 aromatic rings. The van der Waals surface area contributed by atoms with E-state index in [0.717, 1.165) is 0 Å². The van der Waals surface area contributed by atoms with Crippen molar-refractivity contribution in [2.75, 3.05) is 38.4 Å². The molecule has 0 saturated carbocycles. The Morgan fingerprint density at radius 2 is 1.90 bits per heavy atom. The SMILES string of the molecule is COCCN(C(C)C)S(=O)(=O)CCOc1ccccc1N. The van der Waals surface area contributed by atoms with Crippen LogP contribution in [-0.2, 0) is 14.8 Å². The predicted octanol–water partition coefficient (Wildman–Crippen LogP) is 1.33. The maximum atomic E-state index is 12.3. The van der Waals surface area contributed by atoms with Gasteiger partial charge in [-0.05, 0) is 26.0 Å². The van der Waals surface area contributed by atoms with Gasteiger partial charge in [0.05, 0.1) is 18.0 Å². The van der Waals surface area contributed by atoms with E-state index in [9.17, 15) is 8.42 Å². The van der Waals surface area contributed by atoms with Gasteiger partial charge in [-0.1, -0.05) is 12.1 Å². The maximum Gasteiger partial charge on any atom is 0.217 e. The largest absolute Gasteiger partial charge is 0.490 e. The number of hydrogen-bond donors (Lipinski definition) is 1. The second-order valence-electron chi connectivity index (χ2n) is 4.90. The van der Waals surface area contributed by atoms with Crippen molar-refractivity contribution in [1.82, 2.24) is 4.31 Å². The Kier molecular flexibility index (Phi) is 6.94. The Bertz CT molecular complexity index is 532. The molecule has 0 saturated heterocycles. The minimum absolute atomic E-state index is 0.0623. The van der Waals surface area contributed by atoms with Gasteiger partial charge in [0.25, 0.3) is 0 Å². The van der Waals surface area contributed by atoms with Crippen LogP contribution in [0.5, 0.6) is 5.75 Å². The molecular weight excluding hydrogens is 292 g/mol. The number of hydrogen-bond acceptors (Lipinski definition) is 5. The first-order chi connectivity index (χ1) is 9.88. The molecule has 0 aliphatic heterocycles. The molecule has 0 heterocycles. The standard InChI is InChI=1S/C14H24N2O4S/c1-12(2)16(8-9-19-3)21(17,18)11-10-20-14-7-5-4-6-13(14)15/h4-7,12H,8-11,15H2,1-3H3. The summed E-state index contributed by atoms with van der Waals surface area (Å²) in [4.78, 5) is 0. The van der Waals surface area contributed by atoms with Crippen LogP contribution in [0.2, 0.25) is 0 Å². The Labute approximate surface area is 126 Å². The van der Waals surface area contributed by atoms with Crippen molar-refractivity contribution in [3.8, 4) is 5.75 Å². The number of nitrogen functional groups attached to an aromatic ring is 1. The van der Waals surface area contributed by atoms with Crippen molar-refractivity contribution >= 4 is 15.7 Å². The van der Waals surface area contributed by atoms with Crippen molar-refractivity contribution < 1.29 is 17.9 Å². The van der Waals surface area contributed by atoms with Crippen LogP contribution in [0.4, 0.5) is 5.69 Å². The number of nitrogens with two attached hydrogens (primary N) is 1. The first kappa shape index (κ1) is 17.7. The first-order valence-corrected chi connectivity index (χ1v) is 8.45. The molecule has 0 unspecified atom stereocenters. The second-order valence-corrected chi connectivity index (χ2v) is 6.94. The fraction of sp³-hybridized carbons (Fsp3) is 0.571. The average Bonchev–Trinajstić information content (AvgIpc) is 2.40. The Morgan fingerprint density at radius 3 is 2.48 bits per heavy atom.